The highest BCUT2D eigenvalue weighted by Gasteiger charge is 2.24. The van der Waals surface area contributed by atoms with Gasteiger partial charge in [0, 0.05) is 18.2 Å². The predicted molar refractivity (Wildman–Crippen MR) is 70.0 cm³/mol. The summed E-state index contributed by atoms with van der Waals surface area (Å²) in [5.74, 6) is 0.0801. The van der Waals surface area contributed by atoms with Crippen molar-refractivity contribution in [1.29, 1.82) is 0 Å². The number of fused-ring (bicyclic) bond motifs is 1. The minimum Gasteiger partial charge on any atom is -0.489 e. The second-order valence-corrected chi connectivity index (χ2v) is 4.20. The van der Waals surface area contributed by atoms with Gasteiger partial charge in [-0.2, -0.15) is 0 Å². The molecule has 2 N–H and O–H groups in total. The average molecular weight is 264 g/mol. The number of rotatable bonds is 3. The molecule has 0 fully saturated rings. The Balaban J connectivity index is 2.10. The van der Waals surface area contributed by atoms with Crippen LogP contribution in [0.2, 0.25) is 0 Å². The molecule has 0 unspecified atom stereocenters. The molecule has 1 aromatic rings. The highest BCUT2D eigenvalue weighted by molar-refractivity contribution is 5.96. The molecular weight excluding hydrogens is 248 g/mol. The molecule has 0 aromatic heterocycles. The number of carbonyl (C=O) groups excluding carboxylic acids is 2. The van der Waals surface area contributed by atoms with E-state index in [1.54, 1.807) is 23.1 Å². The number of ether oxygens (including phenoxy) is 2. The summed E-state index contributed by atoms with van der Waals surface area (Å²) in [6.07, 6.45) is 0.202. The molecule has 0 bridgehead atoms. The molecule has 0 spiro atoms. The van der Waals surface area contributed by atoms with Gasteiger partial charge in [0.25, 0.3) is 0 Å². The van der Waals surface area contributed by atoms with Gasteiger partial charge in [-0.15, -0.1) is 0 Å². The van der Waals surface area contributed by atoms with Crippen molar-refractivity contribution in [3.05, 3.63) is 18.2 Å². The first kappa shape index (κ1) is 13.2. The second kappa shape index (κ2) is 5.60. The first-order valence-electron chi connectivity index (χ1n) is 6.01. The first-order chi connectivity index (χ1) is 9.11. The summed E-state index contributed by atoms with van der Waals surface area (Å²) in [5, 5.41) is 0. The third-order valence-electron chi connectivity index (χ3n) is 2.92. The van der Waals surface area contributed by atoms with Crippen LogP contribution < -0.4 is 15.4 Å². The number of methoxy groups -OCH3 is 1. The number of carbonyl (C=O) groups is 2. The molecule has 0 radical (unpaired) electrons. The molecule has 1 aliphatic rings. The fraction of sp³-hybridized carbons (Fsp3) is 0.385. The van der Waals surface area contributed by atoms with Crippen molar-refractivity contribution in [2.75, 3.05) is 30.9 Å². The molecule has 19 heavy (non-hydrogen) atoms. The van der Waals surface area contributed by atoms with Crippen LogP contribution in [-0.4, -0.2) is 32.1 Å². The van der Waals surface area contributed by atoms with Crippen LogP contribution in [-0.2, 0) is 14.3 Å². The summed E-state index contributed by atoms with van der Waals surface area (Å²) >= 11 is 0. The van der Waals surface area contributed by atoms with E-state index in [2.05, 4.69) is 4.74 Å². The van der Waals surface area contributed by atoms with Crippen molar-refractivity contribution in [1.82, 2.24) is 0 Å². The minimum absolute atomic E-state index is 0.0804. The van der Waals surface area contributed by atoms with Crippen LogP contribution in [0.5, 0.6) is 5.75 Å². The Labute approximate surface area is 111 Å². The lowest BCUT2D eigenvalue weighted by Crippen LogP contribution is -2.38. The topological polar surface area (TPSA) is 81.9 Å². The lowest BCUT2D eigenvalue weighted by Gasteiger charge is -2.29. The van der Waals surface area contributed by atoms with Crippen LogP contribution >= 0.6 is 0 Å². The molecule has 0 saturated carbocycles. The number of benzene rings is 1. The van der Waals surface area contributed by atoms with Crippen LogP contribution in [0.15, 0.2) is 18.2 Å². The van der Waals surface area contributed by atoms with E-state index in [9.17, 15) is 9.59 Å². The predicted octanol–water partition coefficient (Wildman–Crippen LogP) is 0.947. The van der Waals surface area contributed by atoms with E-state index in [1.807, 2.05) is 0 Å². The highest BCUT2D eigenvalue weighted by atomic mass is 16.5. The van der Waals surface area contributed by atoms with Gasteiger partial charge in [0.2, 0.25) is 5.91 Å². The third kappa shape index (κ3) is 2.96. The highest BCUT2D eigenvalue weighted by Crippen LogP contribution is 2.33. The van der Waals surface area contributed by atoms with Gasteiger partial charge >= 0.3 is 5.97 Å². The summed E-state index contributed by atoms with van der Waals surface area (Å²) in [6, 6.07) is 5.16. The quantitative estimate of drug-likeness (QED) is 0.649. The number of hydrogen-bond acceptors (Lipinski definition) is 5. The maximum Gasteiger partial charge on any atom is 0.306 e. The maximum absolute atomic E-state index is 12.1. The van der Waals surface area contributed by atoms with Crippen molar-refractivity contribution >= 4 is 23.3 Å². The molecule has 6 nitrogen and oxygen atoms in total. The smallest absolute Gasteiger partial charge is 0.306 e. The zero-order valence-electron chi connectivity index (χ0n) is 10.7. The molecule has 6 heteroatoms. The molecule has 1 heterocycles. The van der Waals surface area contributed by atoms with Crippen LogP contribution in [0.4, 0.5) is 11.4 Å². The Morgan fingerprint density at radius 3 is 2.95 bits per heavy atom. The molecule has 102 valence electrons. The molecule has 1 aromatic carbocycles. The monoisotopic (exact) mass is 264 g/mol. The number of nitrogens with two attached hydrogens (primary N) is 1. The van der Waals surface area contributed by atoms with Crippen molar-refractivity contribution in [2.45, 2.75) is 12.8 Å². The third-order valence-corrected chi connectivity index (χ3v) is 2.92. The Bertz CT molecular complexity index is 501. The van der Waals surface area contributed by atoms with Gasteiger partial charge in [0.1, 0.15) is 12.4 Å². The van der Waals surface area contributed by atoms with Crippen molar-refractivity contribution < 1.29 is 19.1 Å². The van der Waals surface area contributed by atoms with E-state index in [4.69, 9.17) is 10.5 Å². The van der Waals surface area contributed by atoms with Gasteiger partial charge in [-0.1, -0.05) is 0 Å². The molecule has 0 atom stereocenters. The molecule has 1 aliphatic heterocycles. The van der Waals surface area contributed by atoms with Crippen molar-refractivity contribution in [3.63, 3.8) is 0 Å². The summed E-state index contributed by atoms with van der Waals surface area (Å²) in [7, 11) is 1.31. The van der Waals surface area contributed by atoms with Gasteiger partial charge < -0.3 is 20.1 Å². The molecular formula is C13H16N2O4. The largest absolute Gasteiger partial charge is 0.489 e. The average Bonchev–Trinajstić information content (AvgIpc) is 2.43. The lowest BCUT2D eigenvalue weighted by molar-refractivity contribution is -0.141. The summed E-state index contributed by atoms with van der Waals surface area (Å²) in [5.41, 5.74) is 6.95. The van der Waals surface area contributed by atoms with E-state index in [0.717, 1.165) is 0 Å². The van der Waals surface area contributed by atoms with Crippen LogP contribution in [0.3, 0.4) is 0 Å². The Hall–Kier alpha value is -2.24. The number of anilines is 2. The minimum atomic E-state index is -0.390. The van der Waals surface area contributed by atoms with Gasteiger partial charge in [-0.3, -0.25) is 9.59 Å². The standard InChI is InChI=1S/C13H16N2O4/c1-18-13(17)5-4-12(16)15-6-7-19-11-8-9(14)2-3-10(11)15/h2-3,8H,4-7,14H2,1H3. The lowest BCUT2D eigenvalue weighted by atomic mass is 10.2. The van der Waals surface area contributed by atoms with Crippen molar-refractivity contribution in [3.8, 4) is 5.75 Å². The molecule has 0 aliphatic carbocycles. The van der Waals surface area contributed by atoms with E-state index in [1.165, 1.54) is 7.11 Å². The number of amides is 1. The second-order valence-electron chi connectivity index (χ2n) is 4.20. The van der Waals surface area contributed by atoms with Crippen LogP contribution in [0.1, 0.15) is 12.8 Å². The zero-order chi connectivity index (χ0) is 13.8. The molecule has 1 amide bonds. The van der Waals surface area contributed by atoms with Crippen molar-refractivity contribution in [2.24, 2.45) is 0 Å². The summed E-state index contributed by atoms with van der Waals surface area (Å²) in [6.45, 7) is 0.886. The summed E-state index contributed by atoms with van der Waals surface area (Å²) < 4.78 is 9.99. The Morgan fingerprint density at radius 1 is 1.42 bits per heavy atom. The van der Waals surface area contributed by atoms with Gasteiger partial charge in [-0.05, 0) is 12.1 Å². The van der Waals surface area contributed by atoms with Crippen LogP contribution in [0, 0.1) is 0 Å². The number of hydrogen-bond donors (Lipinski definition) is 1. The number of nitrogen functional groups attached to an aromatic ring is 1. The van der Waals surface area contributed by atoms with Gasteiger partial charge in [0.05, 0.1) is 25.8 Å². The SMILES string of the molecule is COC(=O)CCC(=O)N1CCOc2cc(N)ccc21. The van der Waals surface area contributed by atoms with Gasteiger partial charge in [0.15, 0.2) is 0 Å². The van der Waals surface area contributed by atoms with Gasteiger partial charge in [-0.25, -0.2) is 0 Å². The van der Waals surface area contributed by atoms with E-state index < -0.39 is 0 Å². The Kier molecular flexibility index (Phi) is 3.89. The molecule has 0 saturated heterocycles. The fourth-order valence-corrected chi connectivity index (χ4v) is 1.94. The van der Waals surface area contributed by atoms with Crippen LogP contribution in [0.25, 0.3) is 0 Å². The van der Waals surface area contributed by atoms with E-state index in [0.29, 0.717) is 30.3 Å². The summed E-state index contributed by atoms with van der Waals surface area (Å²) in [4.78, 5) is 24.8. The molecule has 2 rings (SSSR count). The fourth-order valence-electron chi connectivity index (χ4n) is 1.94. The van der Waals surface area contributed by atoms with E-state index in [-0.39, 0.29) is 24.7 Å². The van der Waals surface area contributed by atoms with E-state index >= 15 is 0 Å². The maximum atomic E-state index is 12.1. The first-order valence-corrected chi connectivity index (χ1v) is 6.01. The number of esters is 1. The Morgan fingerprint density at radius 2 is 2.21 bits per heavy atom. The number of nitrogens with zero attached hydrogens (tertiary/aromatic N) is 1. The normalized spacial score (nSPS) is 13.4. The zero-order valence-corrected chi connectivity index (χ0v) is 10.7.